The van der Waals surface area contributed by atoms with Crippen molar-refractivity contribution in [1.29, 1.82) is 0 Å². The van der Waals surface area contributed by atoms with Gasteiger partial charge in [0.05, 0.1) is 5.41 Å². The Balaban J connectivity index is 0.915. The molecule has 0 radical (unpaired) electrons. The van der Waals surface area contributed by atoms with Crippen LogP contribution in [0.15, 0.2) is 237 Å². The third-order valence-electron chi connectivity index (χ3n) is 15.3. The Hall–Kier alpha value is -8.46. The highest BCUT2D eigenvalue weighted by Crippen LogP contribution is 2.64. The molecule has 1 spiro atoms. The molecule has 0 aromatic heterocycles. The number of nitrogens with zero attached hydrogens (tertiary/aromatic N) is 1. The largest absolute Gasteiger partial charge is 0.455 e. The van der Waals surface area contributed by atoms with E-state index in [0.717, 1.165) is 44.9 Å². The van der Waals surface area contributed by atoms with Crippen molar-refractivity contribution in [3.63, 3.8) is 0 Å². The summed E-state index contributed by atoms with van der Waals surface area (Å²) in [5.41, 5.74) is 20.2. The van der Waals surface area contributed by atoms with Gasteiger partial charge >= 0.3 is 0 Å². The number of anilines is 3. The standard InChI is InChI=1S/C66H45NO/c1-65(2)57-28-12-10-26-53(57)55-35-33-50(41-61(55)65)67(48-21-4-3-5-22-48)49-23-15-20-46(39-49)44-18-14-19-45(38-44)47-30-34-56-54-27-11-13-29-58(54)66(62(56)40-47)59-36-31-42-16-6-8-24-51(42)63(59)68-64-52-25-9-7-17-43(52)32-37-60(64)66/h3-41H,1-2H3. The summed E-state index contributed by atoms with van der Waals surface area (Å²) in [5.74, 6) is 1.86. The average molecular weight is 868 g/mol. The molecule has 1 aliphatic heterocycles. The molecule has 0 saturated heterocycles. The topological polar surface area (TPSA) is 12.5 Å². The van der Waals surface area contributed by atoms with Crippen LogP contribution in [0.1, 0.15) is 47.2 Å². The van der Waals surface area contributed by atoms with Crippen LogP contribution in [0.3, 0.4) is 0 Å². The minimum atomic E-state index is -0.610. The van der Waals surface area contributed by atoms with Crippen molar-refractivity contribution < 1.29 is 4.74 Å². The number of benzene rings is 11. The first-order valence-corrected chi connectivity index (χ1v) is 23.7. The fourth-order valence-corrected chi connectivity index (χ4v) is 12.1. The van der Waals surface area contributed by atoms with Crippen LogP contribution in [0.4, 0.5) is 17.1 Å². The molecule has 11 aromatic carbocycles. The van der Waals surface area contributed by atoms with E-state index in [1.807, 2.05) is 0 Å². The first-order valence-electron chi connectivity index (χ1n) is 23.7. The molecule has 320 valence electrons. The highest BCUT2D eigenvalue weighted by atomic mass is 16.5. The summed E-state index contributed by atoms with van der Waals surface area (Å²) in [6.07, 6.45) is 0. The van der Waals surface area contributed by atoms with Gasteiger partial charge in [-0.2, -0.15) is 0 Å². The van der Waals surface area contributed by atoms with Crippen LogP contribution in [0.2, 0.25) is 0 Å². The first-order chi connectivity index (χ1) is 33.5. The van der Waals surface area contributed by atoms with Gasteiger partial charge in [0.2, 0.25) is 0 Å². The lowest BCUT2D eigenvalue weighted by Gasteiger charge is -2.40. The van der Waals surface area contributed by atoms with E-state index in [2.05, 4.69) is 255 Å². The van der Waals surface area contributed by atoms with Crippen LogP contribution in [-0.4, -0.2) is 0 Å². The van der Waals surface area contributed by atoms with Gasteiger partial charge in [-0.3, -0.25) is 0 Å². The van der Waals surface area contributed by atoms with Gasteiger partial charge in [-0.1, -0.05) is 202 Å². The van der Waals surface area contributed by atoms with E-state index in [9.17, 15) is 0 Å². The van der Waals surface area contributed by atoms with E-state index >= 15 is 0 Å². The van der Waals surface area contributed by atoms with E-state index in [0.29, 0.717) is 0 Å². The molecule has 0 fully saturated rings. The predicted molar refractivity (Wildman–Crippen MR) is 282 cm³/mol. The van der Waals surface area contributed by atoms with E-state index in [1.54, 1.807) is 0 Å². The Kier molecular flexibility index (Phi) is 8.28. The molecule has 11 aromatic rings. The predicted octanol–water partition coefficient (Wildman–Crippen LogP) is 17.6. The smallest absolute Gasteiger partial charge is 0.140 e. The molecule has 0 N–H and O–H groups in total. The van der Waals surface area contributed by atoms with E-state index in [1.165, 1.54) is 83.1 Å². The van der Waals surface area contributed by atoms with Gasteiger partial charge in [0.15, 0.2) is 0 Å². The van der Waals surface area contributed by atoms with Gasteiger partial charge in [0, 0.05) is 44.4 Å². The van der Waals surface area contributed by atoms with E-state index in [4.69, 9.17) is 4.74 Å². The Morgan fingerprint density at radius 1 is 0.309 bits per heavy atom. The lowest BCUT2D eigenvalue weighted by atomic mass is 9.65. The van der Waals surface area contributed by atoms with Crippen molar-refractivity contribution in [3.05, 3.63) is 270 Å². The third-order valence-corrected chi connectivity index (χ3v) is 15.3. The van der Waals surface area contributed by atoms with Gasteiger partial charge in [-0.15, -0.1) is 0 Å². The second kappa shape index (κ2) is 14.5. The molecular weight excluding hydrogens is 823 g/mol. The number of rotatable bonds is 5. The SMILES string of the molecule is CC1(C)c2ccccc2-c2ccc(N(c3ccccc3)c3cccc(-c4cccc(-c5ccc6c(c5)C5(c7ccccc7-6)c6ccc7ccccc7c6Oc6c5ccc5ccccc65)c4)c3)cc21. The van der Waals surface area contributed by atoms with Gasteiger partial charge in [0.25, 0.3) is 0 Å². The maximum atomic E-state index is 7.22. The molecule has 2 heteroatoms. The van der Waals surface area contributed by atoms with Crippen LogP contribution >= 0.6 is 0 Å². The summed E-state index contributed by atoms with van der Waals surface area (Å²) < 4.78 is 7.22. The minimum Gasteiger partial charge on any atom is -0.455 e. The average Bonchev–Trinajstić information content (AvgIpc) is 3.81. The van der Waals surface area contributed by atoms with Crippen molar-refractivity contribution >= 4 is 38.6 Å². The summed E-state index contributed by atoms with van der Waals surface area (Å²) in [4.78, 5) is 2.40. The molecule has 2 nitrogen and oxygen atoms in total. The minimum absolute atomic E-state index is 0.104. The highest BCUT2D eigenvalue weighted by molar-refractivity contribution is 6.00. The van der Waals surface area contributed by atoms with Crippen molar-refractivity contribution in [2.45, 2.75) is 24.7 Å². The lowest BCUT2D eigenvalue weighted by molar-refractivity contribution is 0.447. The fraction of sp³-hybridized carbons (Fsp3) is 0.0606. The summed E-state index contributed by atoms with van der Waals surface area (Å²) in [7, 11) is 0. The normalized spacial score (nSPS) is 14.1. The fourth-order valence-electron chi connectivity index (χ4n) is 12.1. The maximum Gasteiger partial charge on any atom is 0.140 e. The maximum absolute atomic E-state index is 7.22. The first kappa shape index (κ1) is 38.8. The lowest BCUT2D eigenvalue weighted by Crippen LogP contribution is -2.32. The number of hydrogen-bond acceptors (Lipinski definition) is 2. The number of hydrogen-bond donors (Lipinski definition) is 0. The Morgan fingerprint density at radius 3 is 1.51 bits per heavy atom. The molecule has 68 heavy (non-hydrogen) atoms. The summed E-state index contributed by atoms with van der Waals surface area (Å²) >= 11 is 0. The molecule has 0 saturated carbocycles. The monoisotopic (exact) mass is 867 g/mol. The van der Waals surface area contributed by atoms with Crippen LogP contribution in [-0.2, 0) is 10.8 Å². The summed E-state index contributed by atoms with van der Waals surface area (Å²) in [6.45, 7) is 4.71. The molecule has 1 heterocycles. The van der Waals surface area contributed by atoms with Gasteiger partial charge in [-0.25, -0.2) is 0 Å². The molecule has 0 bridgehead atoms. The number of ether oxygens (including phenoxy) is 1. The zero-order valence-electron chi connectivity index (χ0n) is 37.9. The summed E-state index contributed by atoms with van der Waals surface area (Å²) in [6, 6.07) is 87.4. The van der Waals surface area contributed by atoms with Crippen molar-refractivity contribution in [2.24, 2.45) is 0 Å². The van der Waals surface area contributed by atoms with E-state index in [-0.39, 0.29) is 5.41 Å². The molecule has 3 aliphatic rings. The second-order valence-corrected chi connectivity index (χ2v) is 19.2. The van der Waals surface area contributed by atoms with Crippen LogP contribution < -0.4 is 9.64 Å². The summed E-state index contributed by atoms with van der Waals surface area (Å²) in [5, 5.41) is 4.58. The van der Waals surface area contributed by atoms with Crippen molar-refractivity contribution in [2.75, 3.05) is 4.90 Å². The van der Waals surface area contributed by atoms with Crippen LogP contribution in [0.5, 0.6) is 11.5 Å². The van der Waals surface area contributed by atoms with Gasteiger partial charge in [-0.05, 0) is 126 Å². The number of fused-ring (bicyclic) bond motifs is 16. The number of para-hydroxylation sites is 1. The molecule has 0 atom stereocenters. The molecule has 2 aliphatic carbocycles. The zero-order chi connectivity index (χ0) is 45.1. The molecule has 0 amide bonds. The molecular formula is C66H45NO. The van der Waals surface area contributed by atoms with Gasteiger partial charge < -0.3 is 9.64 Å². The van der Waals surface area contributed by atoms with E-state index < -0.39 is 5.41 Å². The van der Waals surface area contributed by atoms with Gasteiger partial charge in [0.1, 0.15) is 11.5 Å². The third kappa shape index (κ3) is 5.46. The Morgan fingerprint density at radius 2 is 0.809 bits per heavy atom. The molecule has 14 rings (SSSR count). The molecule has 0 unspecified atom stereocenters. The second-order valence-electron chi connectivity index (χ2n) is 19.2. The Labute approximate surface area is 397 Å². The van der Waals surface area contributed by atoms with Crippen LogP contribution in [0, 0.1) is 0 Å². The zero-order valence-corrected chi connectivity index (χ0v) is 37.9. The quantitative estimate of drug-likeness (QED) is 0.171. The van der Waals surface area contributed by atoms with Crippen molar-refractivity contribution in [3.8, 4) is 56.0 Å². The van der Waals surface area contributed by atoms with Crippen LogP contribution in [0.25, 0.3) is 66.1 Å². The van der Waals surface area contributed by atoms with Crippen molar-refractivity contribution in [1.82, 2.24) is 0 Å². The highest BCUT2D eigenvalue weighted by Gasteiger charge is 2.52. The Bertz CT molecular complexity index is 3790.